The second-order valence-electron chi connectivity index (χ2n) is 15.3. The summed E-state index contributed by atoms with van der Waals surface area (Å²) in [5.41, 5.74) is 0.0949. The van der Waals surface area contributed by atoms with Gasteiger partial charge in [0.2, 0.25) is 11.8 Å². The minimum atomic E-state index is -4.80. The smallest absolute Gasteiger partial charge is 0.417 e. The van der Waals surface area contributed by atoms with Gasteiger partial charge in [-0.1, -0.05) is 30.7 Å². The molecule has 0 aromatic heterocycles. The summed E-state index contributed by atoms with van der Waals surface area (Å²) in [5.74, 6) is -0.597. The van der Waals surface area contributed by atoms with Crippen LogP contribution < -0.4 is 19.9 Å². The van der Waals surface area contributed by atoms with Gasteiger partial charge in [-0.3, -0.25) is 39.2 Å². The lowest BCUT2D eigenvalue weighted by Crippen LogP contribution is -2.49. The highest BCUT2D eigenvalue weighted by Crippen LogP contribution is 2.40. The third kappa shape index (κ3) is 9.36. The highest BCUT2D eigenvalue weighted by molar-refractivity contribution is 7.81. The first-order valence-electron chi connectivity index (χ1n) is 19.1. The summed E-state index contributed by atoms with van der Waals surface area (Å²) < 4.78 is 47.5. The van der Waals surface area contributed by atoms with Crippen LogP contribution in [0.5, 0.6) is 5.75 Å². The number of rotatable bonds is 13. The number of piperidine rings is 1. The fraction of sp³-hybridized carbons (Fsp3) is 0.429. The predicted octanol–water partition coefficient (Wildman–Crippen LogP) is 6.11. The first-order chi connectivity index (χ1) is 27.5. The van der Waals surface area contributed by atoms with Gasteiger partial charge < -0.3 is 9.64 Å². The van der Waals surface area contributed by atoms with Gasteiger partial charge in [0.25, 0.3) is 5.91 Å². The molecule has 3 saturated heterocycles. The predicted molar refractivity (Wildman–Crippen MR) is 217 cm³/mol. The van der Waals surface area contributed by atoms with Gasteiger partial charge in [-0.25, -0.2) is 0 Å². The average Bonchev–Trinajstić information content (AvgIpc) is 3.36. The lowest BCUT2D eigenvalue weighted by atomic mass is 9.90. The van der Waals surface area contributed by atoms with Crippen LogP contribution in [0.1, 0.15) is 61.4 Å². The second-order valence-corrected chi connectivity index (χ2v) is 16.0. The number of alkyl halides is 3. The Bertz CT molecular complexity index is 2170. The van der Waals surface area contributed by atoms with Crippen molar-refractivity contribution in [2.24, 2.45) is 5.92 Å². The first kappa shape index (κ1) is 42.7. The number of benzene rings is 3. The van der Waals surface area contributed by atoms with Crippen molar-refractivity contribution in [2.45, 2.75) is 64.6 Å². The Hall–Kier alpha value is -4.88. The van der Waals surface area contributed by atoms with Crippen molar-refractivity contribution < 1.29 is 37.1 Å². The van der Waals surface area contributed by atoms with Crippen LogP contribution in [0.15, 0.2) is 54.6 Å². The van der Waals surface area contributed by atoms with E-state index < -0.39 is 28.7 Å². The van der Waals surface area contributed by atoms with Crippen molar-refractivity contribution in [3.05, 3.63) is 87.4 Å². The number of amides is 3. The summed E-state index contributed by atoms with van der Waals surface area (Å²) in [5, 5.41) is 12.1. The molecule has 0 aliphatic carbocycles. The molecule has 0 saturated carbocycles. The zero-order valence-electron chi connectivity index (χ0n) is 32.5. The summed E-state index contributed by atoms with van der Waals surface area (Å²) in [6, 6.07) is 15.6. The molecule has 3 aromatic carbocycles. The third-order valence-corrected chi connectivity index (χ3v) is 11.6. The van der Waals surface area contributed by atoms with Crippen LogP contribution in [0.4, 0.5) is 24.5 Å². The number of nitrogens with one attached hydrogen (secondary N) is 1. The van der Waals surface area contributed by atoms with E-state index in [2.05, 4.69) is 15.1 Å². The number of hydrogen-bond acceptors (Lipinski definition) is 9. The lowest BCUT2D eigenvalue weighted by Gasteiger charge is -2.34. The van der Waals surface area contributed by atoms with Crippen LogP contribution in [0, 0.1) is 17.2 Å². The van der Waals surface area contributed by atoms with Crippen LogP contribution in [-0.4, -0.2) is 89.8 Å². The van der Waals surface area contributed by atoms with E-state index in [4.69, 9.17) is 28.6 Å². The number of thiocarbonyl (C=S) groups is 1. The molecule has 3 aromatic rings. The summed E-state index contributed by atoms with van der Waals surface area (Å²) in [6.45, 7) is 9.61. The number of carbonyl (C=O) groups excluding carboxylic acids is 4. The molecule has 0 spiro atoms. The molecule has 3 heterocycles. The topological polar surface area (TPSA) is 126 Å². The van der Waals surface area contributed by atoms with Gasteiger partial charge in [-0.2, -0.15) is 18.4 Å². The van der Waals surface area contributed by atoms with E-state index in [9.17, 15) is 37.6 Å². The Kier molecular flexibility index (Phi) is 12.9. The molecule has 16 heteroatoms. The van der Waals surface area contributed by atoms with Gasteiger partial charge >= 0.3 is 6.18 Å². The number of halogens is 4. The number of piperazine rings is 1. The SMILES string of the molecule is CCc1cc(N2C(=S)N(c3ccc(C#N)c(C(F)(F)F)c3)C(=O)C2(C)C)ccc1OCCN1CCN(CC(=O)Cc2cc(CC3CCC(=O)NC3=O)ccc2Cl)CC1. The first-order valence-corrected chi connectivity index (χ1v) is 19.9. The van der Waals surface area contributed by atoms with Gasteiger partial charge in [-0.05, 0) is 104 Å². The minimum absolute atomic E-state index is 0.0180. The minimum Gasteiger partial charge on any atom is -0.492 e. The summed E-state index contributed by atoms with van der Waals surface area (Å²) >= 11 is 12.2. The maximum absolute atomic E-state index is 13.8. The number of ether oxygens (including phenoxy) is 1. The van der Waals surface area contributed by atoms with E-state index in [1.807, 2.05) is 31.2 Å². The second kappa shape index (κ2) is 17.5. The van der Waals surface area contributed by atoms with E-state index in [0.29, 0.717) is 74.9 Å². The Labute approximate surface area is 345 Å². The normalized spacial score (nSPS) is 19.0. The quantitative estimate of drug-likeness (QED) is 0.159. The Morgan fingerprint density at radius 3 is 2.38 bits per heavy atom. The maximum atomic E-state index is 13.8. The molecule has 3 amide bonds. The van der Waals surface area contributed by atoms with Crippen molar-refractivity contribution in [3.63, 3.8) is 0 Å². The van der Waals surface area contributed by atoms with Gasteiger partial charge in [0.05, 0.1) is 29.4 Å². The van der Waals surface area contributed by atoms with E-state index in [0.717, 1.165) is 46.8 Å². The van der Waals surface area contributed by atoms with Crippen LogP contribution in [-0.2, 0) is 44.6 Å². The summed E-state index contributed by atoms with van der Waals surface area (Å²) in [7, 11) is 0. The van der Waals surface area contributed by atoms with E-state index >= 15 is 0 Å². The number of nitrogens with zero attached hydrogens (tertiary/aromatic N) is 5. The zero-order chi connectivity index (χ0) is 41.9. The molecule has 0 bridgehead atoms. The highest BCUT2D eigenvalue weighted by Gasteiger charge is 2.51. The largest absolute Gasteiger partial charge is 0.492 e. The van der Waals surface area contributed by atoms with Crippen LogP contribution >= 0.6 is 23.8 Å². The molecular formula is C42H44ClF3N6O5S. The molecule has 1 unspecified atom stereocenters. The maximum Gasteiger partial charge on any atom is 0.417 e. The number of ketones is 1. The monoisotopic (exact) mass is 836 g/mol. The number of carbonyl (C=O) groups is 4. The molecule has 3 aliphatic rings. The van der Waals surface area contributed by atoms with Crippen LogP contribution in [0.2, 0.25) is 5.02 Å². The van der Waals surface area contributed by atoms with Crippen molar-refractivity contribution in [1.29, 1.82) is 5.26 Å². The Morgan fingerprint density at radius 2 is 1.71 bits per heavy atom. The zero-order valence-corrected chi connectivity index (χ0v) is 34.0. The van der Waals surface area contributed by atoms with Crippen molar-refractivity contribution in [1.82, 2.24) is 15.1 Å². The van der Waals surface area contributed by atoms with Crippen LogP contribution in [0.25, 0.3) is 0 Å². The van der Waals surface area contributed by atoms with E-state index in [1.54, 1.807) is 36.9 Å². The fourth-order valence-electron chi connectivity index (χ4n) is 7.66. The van der Waals surface area contributed by atoms with Crippen molar-refractivity contribution >= 4 is 63.8 Å². The molecule has 3 fully saturated rings. The number of nitriles is 1. The average molecular weight is 837 g/mol. The molecular weight excluding hydrogens is 793 g/mol. The number of Topliss-reactive ketones (excluding diaryl/α,β-unsaturated/α-hetero) is 1. The molecule has 6 rings (SSSR count). The van der Waals surface area contributed by atoms with E-state index in [1.165, 1.54) is 6.07 Å². The molecule has 1 atom stereocenters. The number of hydrogen-bond donors (Lipinski definition) is 1. The van der Waals surface area contributed by atoms with E-state index in [-0.39, 0.29) is 40.7 Å². The van der Waals surface area contributed by atoms with Gasteiger partial charge in [0.1, 0.15) is 17.9 Å². The van der Waals surface area contributed by atoms with Gasteiger partial charge in [-0.15, -0.1) is 0 Å². The molecule has 3 aliphatic heterocycles. The molecule has 0 radical (unpaired) electrons. The van der Waals surface area contributed by atoms with Gasteiger partial charge in [0, 0.05) is 62.2 Å². The lowest BCUT2D eigenvalue weighted by molar-refractivity contribution is -0.138. The summed E-state index contributed by atoms with van der Waals surface area (Å²) in [6.07, 6.45) is -2.72. The highest BCUT2D eigenvalue weighted by atomic mass is 35.5. The summed E-state index contributed by atoms with van der Waals surface area (Å²) in [4.78, 5) is 57.6. The number of imide groups is 1. The van der Waals surface area contributed by atoms with Gasteiger partial charge in [0.15, 0.2) is 10.9 Å². The number of anilines is 2. The molecule has 306 valence electrons. The molecule has 1 N–H and O–H groups in total. The van der Waals surface area contributed by atoms with Crippen molar-refractivity contribution in [3.8, 4) is 11.8 Å². The van der Waals surface area contributed by atoms with Crippen LogP contribution in [0.3, 0.4) is 0 Å². The molecule has 11 nitrogen and oxygen atoms in total. The number of aryl methyl sites for hydroxylation is 1. The Morgan fingerprint density at radius 1 is 1.00 bits per heavy atom. The standard InChI is InChI=1S/C42H44ClF3N6O5S/c1-4-27-21-32(52-40(58)51(39(56)41(52,2)3)31-8-6-29(24-47)34(23-31)42(44,45)46)9-11-36(27)57-18-17-49-13-15-50(16-14-49)25-33(53)22-30-20-26(5-10-35(30)43)19-28-7-12-37(54)48-38(28)55/h5-6,8-11,20-21,23,28H,4,7,12-19,22,25H2,1-3H3,(H,48,54,55). The fourth-order valence-corrected chi connectivity index (χ4v) is 8.37. The molecule has 58 heavy (non-hydrogen) atoms. The Balaban J connectivity index is 1.00. The third-order valence-electron chi connectivity index (χ3n) is 10.9. The van der Waals surface area contributed by atoms with Crippen molar-refractivity contribution in [2.75, 3.05) is 55.7 Å².